The van der Waals surface area contributed by atoms with E-state index in [9.17, 15) is 9.59 Å². The average Bonchev–Trinajstić information content (AvgIpc) is 3.07. The molecule has 0 saturated heterocycles. The van der Waals surface area contributed by atoms with Crippen LogP contribution in [0.1, 0.15) is 34.0 Å². The van der Waals surface area contributed by atoms with Gasteiger partial charge in [0.05, 0.1) is 18.6 Å². The minimum Gasteiger partial charge on any atom is -0.493 e. The molecule has 0 saturated carbocycles. The molecule has 0 aromatic heterocycles. The first-order chi connectivity index (χ1) is 15.4. The molecule has 0 unspecified atom stereocenters. The van der Waals surface area contributed by atoms with Gasteiger partial charge in [0.25, 0.3) is 0 Å². The van der Waals surface area contributed by atoms with E-state index in [2.05, 4.69) is 0 Å². The number of esters is 1. The van der Waals surface area contributed by atoms with Gasteiger partial charge in [-0.15, -0.1) is 0 Å². The Labute approximate surface area is 191 Å². The number of fused-ring (bicyclic) bond motifs is 1. The molecule has 32 heavy (non-hydrogen) atoms. The van der Waals surface area contributed by atoms with Crippen molar-refractivity contribution in [2.45, 2.75) is 20.3 Å². The largest absolute Gasteiger partial charge is 0.493 e. The van der Waals surface area contributed by atoms with Crippen molar-refractivity contribution in [3.63, 3.8) is 0 Å². The van der Waals surface area contributed by atoms with Gasteiger partial charge in [-0.2, -0.15) is 0 Å². The number of ketones is 1. The second-order valence-electron chi connectivity index (χ2n) is 7.30. The Morgan fingerprint density at radius 3 is 2.59 bits per heavy atom. The summed E-state index contributed by atoms with van der Waals surface area (Å²) in [5.41, 5.74) is 2.67. The maximum Gasteiger partial charge on any atom is 0.315 e. The molecule has 3 aromatic rings. The molecule has 0 fully saturated rings. The molecule has 0 radical (unpaired) electrons. The smallest absolute Gasteiger partial charge is 0.315 e. The number of Topliss-reactive ketones (excluding diaryl/α,β-unsaturated/α-hetero) is 1. The number of benzene rings is 3. The summed E-state index contributed by atoms with van der Waals surface area (Å²) >= 11 is 5.88. The van der Waals surface area contributed by atoms with Gasteiger partial charge < -0.3 is 14.2 Å². The van der Waals surface area contributed by atoms with E-state index in [-0.39, 0.29) is 18.0 Å². The van der Waals surface area contributed by atoms with Crippen LogP contribution >= 0.6 is 11.6 Å². The number of ether oxygens (including phenoxy) is 3. The van der Waals surface area contributed by atoms with Crippen molar-refractivity contribution in [3.8, 4) is 17.2 Å². The van der Waals surface area contributed by atoms with E-state index in [4.69, 9.17) is 25.8 Å². The van der Waals surface area contributed by atoms with Gasteiger partial charge in [-0.25, -0.2) is 0 Å². The first kappa shape index (κ1) is 21.7. The van der Waals surface area contributed by atoms with Crippen LogP contribution in [0.5, 0.6) is 17.2 Å². The summed E-state index contributed by atoms with van der Waals surface area (Å²) in [6.45, 7) is 4.20. The lowest BCUT2D eigenvalue weighted by Crippen LogP contribution is -2.11. The van der Waals surface area contributed by atoms with Crippen LogP contribution in [-0.4, -0.2) is 18.4 Å². The van der Waals surface area contributed by atoms with Crippen molar-refractivity contribution >= 4 is 29.4 Å². The van der Waals surface area contributed by atoms with Gasteiger partial charge in [0.1, 0.15) is 17.2 Å². The second-order valence-corrected chi connectivity index (χ2v) is 7.74. The minimum absolute atomic E-state index is 0.104. The Balaban J connectivity index is 1.54. The molecule has 4 rings (SSSR count). The molecular formula is C26H21ClO5. The molecule has 0 N–H and O–H groups in total. The van der Waals surface area contributed by atoms with Gasteiger partial charge in [-0.05, 0) is 55.3 Å². The summed E-state index contributed by atoms with van der Waals surface area (Å²) in [6.07, 6.45) is 1.77. The molecule has 162 valence electrons. The summed E-state index contributed by atoms with van der Waals surface area (Å²) in [5, 5.41) is 0.603. The number of hydrogen-bond acceptors (Lipinski definition) is 5. The number of allylic oxidation sites excluding steroid dienone is 1. The number of carbonyl (C=O) groups excluding carboxylic acids is 2. The highest BCUT2D eigenvalue weighted by Crippen LogP contribution is 2.38. The number of carbonyl (C=O) groups is 2. The first-order valence-corrected chi connectivity index (χ1v) is 10.6. The number of rotatable bonds is 6. The van der Waals surface area contributed by atoms with Crippen molar-refractivity contribution in [1.82, 2.24) is 0 Å². The van der Waals surface area contributed by atoms with E-state index < -0.39 is 5.97 Å². The average molecular weight is 449 g/mol. The normalized spacial score (nSPS) is 13.6. The summed E-state index contributed by atoms with van der Waals surface area (Å²) in [4.78, 5) is 25.3. The van der Waals surface area contributed by atoms with E-state index in [0.29, 0.717) is 40.0 Å². The van der Waals surface area contributed by atoms with Crippen LogP contribution in [0.2, 0.25) is 5.02 Å². The Morgan fingerprint density at radius 1 is 1.09 bits per heavy atom. The zero-order chi connectivity index (χ0) is 22.7. The molecule has 1 heterocycles. The van der Waals surface area contributed by atoms with Crippen LogP contribution in [0.4, 0.5) is 0 Å². The molecule has 0 amide bonds. The van der Waals surface area contributed by atoms with Gasteiger partial charge in [-0.1, -0.05) is 41.9 Å². The maximum atomic E-state index is 12.9. The third-order valence-corrected chi connectivity index (χ3v) is 5.19. The SMILES string of the molecule is CCOc1ccccc1/C=C1\Oc2cc(OC(=O)Cc3ccc(Cl)cc3)cc(C)c2C1=O. The summed E-state index contributed by atoms with van der Waals surface area (Å²) < 4.78 is 17.0. The summed E-state index contributed by atoms with van der Waals surface area (Å²) in [7, 11) is 0. The highest BCUT2D eigenvalue weighted by atomic mass is 35.5. The van der Waals surface area contributed by atoms with E-state index in [0.717, 1.165) is 11.1 Å². The molecule has 1 aliphatic heterocycles. The number of hydrogen-bond donors (Lipinski definition) is 0. The van der Waals surface area contributed by atoms with E-state index in [1.807, 2.05) is 31.2 Å². The lowest BCUT2D eigenvalue weighted by atomic mass is 10.0. The van der Waals surface area contributed by atoms with Crippen molar-refractivity contribution in [3.05, 3.63) is 93.7 Å². The highest BCUT2D eigenvalue weighted by Gasteiger charge is 2.30. The summed E-state index contributed by atoms with van der Waals surface area (Å²) in [5.74, 6) is 0.914. The number of aryl methyl sites for hydroxylation is 1. The van der Waals surface area contributed by atoms with Gasteiger partial charge in [0.15, 0.2) is 5.76 Å². The summed E-state index contributed by atoms with van der Waals surface area (Å²) in [6, 6.07) is 17.7. The fraction of sp³-hybridized carbons (Fsp3) is 0.154. The number of para-hydroxylation sites is 1. The zero-order valence-electron chi connectivity index (χ0n) is 17.7. The Bertz CT molecular complexity index is 1210. The molecule has 0 aliphatic carbocycles. The van der Waals surface area contributed by atoms with Crippen LogP contribution in [0.25, 0.3) is 6.08 Å². The molecule has 3 aromatic carbocycles. The third kappa shape index (κ3) is 4.68. The Kier molecular flexibility index (Phi) is 6.28. The van der Waals surface area contributed by atoms with E-state index in [1.165, 1.54) is 0 Å². The van der Waals surface area contributed by atoms with Gasteiger partial charge in [0, 0.05) is 16.7 Å². The van der Waals surface area contributed by atoms with Gasteiger partial charge in [-0.3, -0.25) is 9.59 Å². The monoisotopic (exact) mass is 448 g/mol. The van der Waals surface area contributed by atoms with Crippen molar-refractivity contribution in [2.75, 3.05) is 6.61 Å². The van der Waals surface area contributed by atoms with Crippen LogP contribution < -0.4 is 14.2 Å². The van der Waals surface area contributed by atoms with Gasteiger partial charge in [0.2, 0.25) is 5.78 Å². The van der Waals surface area contributed by atoms with Crippen molar-refractivity contribution < 1.29 is 23.8 Å². The minimum atomic E-state index is -0.419. The molecule has 0 atom stereocenters. The van der Waals surface area contributed by atoms with Crippen LogP contribution in [-0.2, 0) is 11.2 Å². The number of halogens is 1. The molecule has 0 spiro atoms. The zero-order valence-corrected chi connectivity index (χ0v) is 18.4. The fourth-order valence-corrected chi connectivity index (χ4v) is 3.63. The third-order valence-electron chi connectivity index (χ3n) is 4.94. The molecule has 6 heteroatoms. The molecule has 0 bridgehead atoms. The maximum absolute atomic E-state index is 12.9. The predicted molar refractivity (Wildman–Crippen MR) is 123 cm³/mol. The molecule has 1 aliphatic rings. The fourth-order valence-electron chi connectivity index (χ4n) is 3.50. The Morgan fingerprint density at radius 2 is 1.84 bits per heavy atom. The lowest BCUT2D eigenvalue weighted by Gasteiger charge is -2.08. The predicted octanol–water partition coefficient (Wildman–Crippen LogP) is 5.81. The van der Waals surface area contributed by atoms with Crippen molar-refractivity contribution in [1.29, 1.82) is 0 Å². The molecule has 5 nitrogen and oxygen atoms in total. The standard InChI is InChI=1S/C26H21ClO5/c1-3-30-21-7-5-4-6-18(21)14-23-26(29)25-16(2)12-20(15-22(25)32-23)31-24(28)13-17-8-10-19(27)11-9-17/h4-12,14-15H,3,13H2,1-2H3/b23-14-. The highest BCUT2D eigenvalue weighted by molar-refractivity contribution is 6.30. The van der Waals surface area contributed by atoms with E-state index in [1.54, 1.807) is 49.4 Å². The topological polar surface area (TPSA) is 61.8 Å². The van der Waals surface area contributed by atoms with Crippen LogP contribution in [0.15, 0.2) is 66.4 Å². The molecular weight excluding hydrogens is 428 g/mol. The quantitative estimate of drug-likeness (QED) is 0.270. The second kappa shape index (κ2) is 9.28. The van der Waals surface area contributed by atoms with Gasteiger partial charge >= 0.3 is 5.97 Å². The van der Waals surface area contributed by atoms with E-state index >= 15 is 0 Å². The first-order valence-electron chi connectivity index (χ1n) is 10.2. The van der Waals surface area contributed by atoms with Crippen LogP contribution in [0.3, 0.4) is 0 Å². The lowest BCUT2D eigenvalue weighted by molar-refractivity contribution is -0.133. The van der Waals surface area contributed by atoms with Crippen molar-refractivity contribution in [2.24, 2.45) is 0 Å². The Hall–Kier alpha value is -3.57. The van der Waals surface area contributed by atoms with Crippen LogP contribution in [0, 0.1) is 6.92 Å².